The van der Waals surface area contributed by atoms with E-state index in [2.05, 4.69) is 20.2 Å². The minimum Gasteiger partial charge on any atom is -0.493 e. The van der Waals surface area contributed by atoms with Crippen molar-refractivity contribution >= 4 is 28.3 Å². The second-order valence-electron chi connectivity index (χ2n) is 7.02. The zero-order valence-corrected chi connectivity index (χ0v) is 18.1. The normalized spacial score (nSPS) is 10.5. The molecule has 0 saturated heterocycles. The highest BCUT2D eigenvalue weighted by Crippen LogP contribution is 2.37. The Balaban J connectivity index is 1.66. The number of methoxy groups -OCH3 is 1. The van der Waals surface area contributed by atoms with E-state index in [1.54, 1.807) is 24.7 Å². The third-order valence-corrected chi connectivity index (χ3v) is 4.89. The number of hydrogen-bond donors (Lipinski definition) is 1. The third-order valence-electron chi connectivity index (χ3n) is 4.89. The topological polar surface area (TPSA) is 119 Å². The molecule has 0 aliphatic carbocycles. The molecule has 0 atom stereocenters. The van der Waals surface area contributed by atoms with Gasteiger partial charge in [0.15, 0.2) is 11.5 Å². The number of amides is 1. The Hall–Kier alpha value is -4.60. The quantitative estimate of drug-likeness (QED) is 0.331. The highest BCUT2D eigenvalue weighted by molar-refractivity contribution is 5.92. The number of fused-ring (bicyclic) bond motifs is 1. The van der Waals surface area contributed by atoms with E-state index in [0.29, 0.717) is 23.1 Å². The van der Waals surface area contributed by atoms with Gasteiger partial charge in [0.25, 0.3) is 5.91 Å². The van der Waals surface area contributed by atoms with E-state index in [-0.39, 0.29) is 5.69 Å². The molecule has 2 heterocycles. The van der Waals surface area contributed by atoms with Crippen LogP contribution in [0.15, 0.2) is 66.1 Å². The van der Waals surface area contributed by atoms with Crippen LogP contribution in [-0.2, 0) is 0 Å². The summed E-state index contributed by atoms with van der Waals surface area (Å²) < 4.78 is 11.4. The van der Waals surface area contributed by atoms with Gasteiger partial charge in [-0.25, -0.2) is 20.4 Å². The maximum atomic E-state index is 11.6. The summed E-state index contributed by atoms with van der Waals surface area (Å²) >= 11 is 0. The van der Waals surface area contributed by atoms with Gasteiger partial charge in [-0.2, -0.15) is 0 Å². The fraction of sp³-hybridized carbons (Fsp3) is 0.130. The van der Waals surface area contributed by atoms with Gasteiger partial charge in [0.05, 0.1) is 24.1 Å². The lowest BCUT2D eigenvalue weighted by Crippen LogP contribution is -2.17. The number of pyridine rings is 1. The Morgan fingerprint density at radius 3 is 2.61 bits per heavy atom. The smallest absolute Gasteiger partial charge is 0.292 e. The molecule has 0 saturated carbocycles. The minimum atomic E-state index is -0.704. The number of anilines is 2. The Kier molecular flexibility index (Phi) is 6.07. The zero-order valence-electron chi connectivity index (χ0n) is 18.1. The number of benzene rings is 2. The van der Waals surface area contributed by atoms with Crippen LogP contribution >= 0.6 is 0 Å². The van der Waals surface area contributed by atoms with Crippen molar-refractivity contribution in [2.45, 2.75) is 6.92 Å². The van der Waals surface area contributed by atoms with Crippen molar-refractivity contribution in [2.75, 3.05) is 19.1 Å². The first-order chi connectivity index (χ1) is 16.0. The van der Waals surface area contributed by atoms with Crippen molar-refractivity contribution in [1.82, 2.24) is 20.4 Å². The minimum absolute atomic E-state index is 0.0356. The largest absolute Gasteiger partial charge is 0.493 e. The van der Waals surface area contributed by atoms with Gasteiger partial charge >= 0.3 is 0 Å². The Bertz CT molecular complexity index is 1330. The molecule has 10 nitrogen and oxygen atoms in total. The number of rotatable bonds is 7. The monoisotopic (exact) mass is 444 g/mol. The molecule has 0 bridgehead atoms. The van der Waals surface area contributed by atoms with E-state index in [0.717, 1.165) is 22.4 Å². The first-order valence-corrected chi connectivity index (χ1v) is 9.92. The lowest BCUT2D eigenvalue weighted by molar-refractivity contribution is 0.0949. The molecule has 2 aromatic carbocycles. The summed E-state index contributed by atoms with van der Waals surface area (Å²) in [5.74, 6) is 2.07. The van der Waals surface area contributed by atoms with E-state index in [9.17, 15) is 9.70 Å². The summed E-state index contributed by atoms with van der Waals surface area (Å²) in [6.45, 7) is 1.86. The van der Waals surface area contributed by atoms with Crippen LogP contribution in [0.25, 0.3) is 10.9 Å². The van der Waals surface area contributed by atoms with Gasteiger partial charge in [0.1, 0.15) is 23.1 Å². The van der Waals surface area contributed by atoms with Crippen molar-refractivity contribution < 1.29 is 14.3 Å². The van der Waals surface area contributed by atoms with E-state index < -0.39 is 5.91 Å². The maximum Gasteiger partial charge on any atom is 0.292 e. The molecule has 4 rings (SSSR count). The molecule has 1 N–H and O–H groups in total. The fourth-order valence-electron chi connectivity index (χ4n) is 3.31. The molecule has 10 heteroatoms. The van der Waals surface area contributed by atoms with Crippen LogP contribution in [0.5, 0.6) is 17.2 Å². The summed E-state index contributed by atoms with van der Waals surface area (Å²) in [6.07, 6.45) is 1.37. The molecule has 4 aromatic rings. The average Bonchev–Trinajstić information content (AvgIpc) is 2.83. The summed E-state index contributed by atoms with van der Waals surface area (Å²) in [5, 5.41) is 3.27. The summed E-state index contributed by atoms with van der Waals surface area (Å²) in [4.78, 5) is 36.9. The second kappa shape index (κ2) is 9.27. The number of nitroso groups, excluding NO2 is 1. The van der Waals surface area contributed by atoms with Gasteiger partial charge in [0, 0.05) is 24.2 Å². The predicted octanol–water partition coefficient (Wildman–Crippen LogP) is 4.31. The molecular weight excluding hydrogens is 424 g/mol. The maximum absolute atomic E-state index is 11.6. The van der Waals surface area contributed by atoms with Crippen LogP contribution in [0.1, 0.15) is 16.3 Å². The van der Waals surface area contributed by atoms with Gasteiger partial charge < -0.3 is 14.4 Å². The molecule has 2 aromatic heterocycles. The number of aryl methyl sites for hydroxylation is 1. The predicted molar refractivity (Wildman–Crippen MR) is 123 cm³/mol. The van der Waals surface area contributed by atoms with E-state index in [4.69, 9.17) is 9.47 Å². The number of aromatic nitrogens is 3. The van der Waals surface area contributed by atoms with Gasteiger partial charge in [-0.1, -0.05) is 12.1 Å². The van der Waals surface area contributed by atoms with Crippen molar-refractivity contribution in [3.8, 4) is 17.2 Å². The number of para-hydroxylation sites is 1. The molecule has 0 aliphatic heterocycles. The molecule has 0 unspecified atom stereocenters. The fourth-order valence-corrected chi connectivity index (χ4v) is 3.31. The first kappa shape index (κ1) is 21.6. The van der Waals surface area contributed by atoms with Crippen LogP contribution in [0.4, 0.5) is 11.5 Å². The van der Waals surface area contributed by atoms with Crippen LogP contribution in [0, 0.1) is 11.8 Å². The Morgan fingerprint density at radius 1 is 1.06 bits per heavy atom. The van der Waals surface area contributed by atoms with Crippen molar-refractivity contribution in [2.24, 2.45) is 5.29 Å². The van der Waals surface area contributed by atoms with E-state index in [1.165, 1.54) is 12.3 Å². The van der Waals surface area contributed by atoms with Crippen molar-refractivity contribution in [3.63, 3.8) is 0 Å². The van der Waals surface area contributed by atoms with E-state index in [1.807, 2.05) is 55.3 Å². The second-order valence-corrected chi connectivity index (χ2v) is 7.02. The highest BCUT2D eigenvalue weighted by Gasteiger charge is 2.15. The summed E-state index contributed by atoms with van der Waals surface area (Å²) in [7, 11) is 3.46. The first-order valence-electron chi connectivity index (χ1n) is 9.92. The number of carbonyl (C=O) groups is 1. The zero-order chi connectivity index (χ0) is 23.4. The molecule has 0 spiro atoms. The van der Waals surface area contributed by atoms with Crippen LogP contribution < -0.4 is 19.8 Å². The number of carbonyl (C=O) groups excluding carboxylic acids is 1. The summed E-state index contributed by atoms with van der Waals surface area (Å²) in [5.41, 5.74) is 3.50. The Labute approximate surface area is 189 Å². The number of nitrogens with zero attached hydrogens (tertiary/aromatic N) is 5. The molecule has 166 valence electrons. The molecular formula is C23H20N6O4. The highest BCUT2D eigenvalue weighted by atomic mass is 16.5. The number of hydrogen-bond acceptors (Lipinski definition) is 9. The van der Waals surface area contributed by atoms with Crippen LogP contribution in [0.2, 0.25) is 0 Å². The molecule has 0 fully saturated rings. The number of nitrogens with one attached hydrogen (secondary N) is 1. The molecule has 0 radical (unpaired) electrons. The van der Waals surface area contributed by atoms with Crippen molar-refractivity contribution in [1.29, 1.82) is 0 Å². The van der Waals surface area contributed by atoms with Crippen LogP contribution in [-0.4, -0.2) is 35.0 Å². The lowest BCUT2D eigenvalue weighted by atomic mass is 10.2. The lowest BCUT2D eigenvalue weighted by Gasteiger charge is -2.22. The van der Waals surface area contributed by atoms with E-state index >= 15 is 0 Å². The van der Waals surface area contributed by atoms with Gasteiger partial charge in [0.2, 0.25) is 0 Å². The molecule has 33 heavy (non-hydrogen) atoms. The molecule has 1 amide bonds. The van der Waals surface area contributed by atoms with Crippen LogP contribution in [0.3, 0.4) is 0 Å². The van der Waals surface area contributed by atoms with Gasteiger partial charge in [-0.05, 0) is 43.3 Å². The SMILES string of the molecule is COc1ccc(N(C)c2nc(C)nc3ccccc23)cc1Oc1ccc(C(=O)NN=O)nc1. The Morgan fingerprint density at radius 2 is 1.88 bits per heavy atom. The van der Waals surface area contributed by atoms with Gasteiger partial charge in [-0.3, -0.25) is 4.79 Å². The average molecular weight is 444 g/mol. The van der Waals surface area contributed by atoms with Crippen molar-refractivity contribution in [3.05, 3.63) is 77.2 Å². The molecule has 0 aliphatic rings. The van der Waals surface area contributed by atoms with Gasteiger partial charge in [-0.15, -0.1) is 4.91 Å². The number of ether oxygens (including phenoxy) is 2. The third kappa shape index (κ3) is 4.54. The standard InChI is InChI=1S/C23H20N6O4/c1-14-25-18-7-5-4-6-17(18)22(26-14)29(2)15-8-11-20(32-3)21(12-15)33-16-9-10-19(24-13-16)23(30)27-28-31/h4-13H,1-3H3,(H,27,30,31). The summed E-state index contributed by atoms with van der Waals surface area (Å²) in [6, 6.07) is 16.3.